The van der Waals surface area contributed by atoms with E-state index >= 15 is 0 Å². The Balaban J connectivity index is 0.000000188. The molecule has 3 heteroatoms. The van der Waals surface area contributed by atoms with Crippen LogP contribution in [0.25, 0.3) is 20.2 Å². The van der Waals surface area contributed by atoms with Gasteiger partial charge < -0.3 is 4.74 Å². The summed E-state index contributed by atoms with van der Waals surface area (Å²) in [4.78, 5) is 0. The van der Waals surface area contributed by atoms with E-state index in [-0.39, 0.29) is 0 Å². The number of fused-ring (bicyclic) bond motifs is 3. The molecule has 250 valence electrons. The summed E-state index contributed by atoms with van der Waals surface area (Å²) in [6.45, 7) is 18.5. The largest absolute Gasteiger partial charge is 0.493 e. The van der Waals surface area contributed by atoms with Gasteiger partial charge in [0.2, 0.25) is 0 Å². The van der Waals surface area contributed by atoms with E-state index in [1.165, 1.54) is 107 Å². The first-order valence-electron chi connectivity index (χ1n) is 17.7. The molecule has 0 saturated heterocycles. The molecule has 0 spiro atoms. The van der Waals surface area contributed by atoms with Crippen molar-refractivity contribution in [2.24, 2.45) is 0 Å². The average Bonchev–Trinajstić information content (AvgIpc) is 3.39. The zero-order chi connectivity index (χ0) is 34.2. The molecule has 0 aliphatic heterocycles. The van der Waals surface area contributed by atoms with Gasteiger partial charge in [0, 0.05) is 20.2 Å². The van der Waals surface area contributed by atoms with E-state index in [1.54, 1.807) is 0 Å². The highest BCUT2D eigenvalue weighted by Crippen LogP contribution is 2.39. The highest BCUT2D eigenvalue weighted by Gasteiger charge is 2.20. The van der Waals surface area contributed by atoms with Crippen molar-refractivity contribution in [1.29, 1.82) is 0 Å². The molecular weight excluding hydrogens is 620 g/mol. The molecule has 1 heterocycles. The van der Waals surface area contributed by atoms with Gasteiger partial charge in [-0.1, -0.05) is 117 Å². The summed E-state index contributed by atoms with van der Waals surface area (Å²) in [6, 6.07) is 33.9. The van der Waals surface area contributed by atoms with Crippen LogP contribution >= 0.6 is 19.3 Å². The average molecular weight is 673 g/mol. The van der Waals surface area contributed by atoms with E-state index in [9.17, 15) is 0 Å². The number of hydrogen-bond acceptors (Lipinski definition) is 2. The summed E-state index contributed by atoms with van der Waals surface area (Å²) in [6.07, 6.45) is 7.80. The lowest BCUT2D eigenvalue weighted by Gasteiger charge is -2.23. The lowest BCUT2D eigenvalue weighted by molar-refractivity contribution is 0.303. The Morgan fingerprint density at radius 1 is 0.521 bits per heavy atom. The Bertz CT molecular complexity index is 1920. The third kappa shape index (κ3) is 8.76. The quantitative estimate of drug-likeness (QED) is 0.0983. The van der Waals surface area contributed by atoms with Crippen LogP contribution in [0.5, 0.6) is 5.75 Å². The number of benzene rings is 5. The molecule has 0 aliphatic rings. The lowest BCUT2D eigenvalue weighted by Crippen LogP contribution is -2.24. The van der Waals surface area contributed by atoms with E-state index in [1.807, 2.05) is 11.3 Å². The monoisotopic (exact) mass is 672 g/mol. The molecule has 1 aromatic heterocycles. The number of aryl methyl sites for hydroxylation is 7. The molecule has 48 heavy (non-hydrogen) atoms. The molecule has 0 atom stereocenters. The zero-order valence-electron chi connectivity index (χ0n) is 30.4. The number of thiophene rings is 1. The molecule has 0 aliphatic carbocycles. The molecule has 0 saturated carbocycles. The van der Waals surface area contributed by atoms with Gasteiger partial charge in [-0.2, -0.15) is 0 Å². The van der Waals surface area contributed by atoms with E-state index in [0.29, 0.717) is 0 Å². The number of rotatable bonds is 11. The van der Waals surface area contributed by atoms with E-state index in [0.717, 1.165) is 18.8 Å². The molecule has 0 unspecified atom stereocenters. The van der Waals surface area contributed by atoms with Gasteiger partial charge in [0.25, 0.3) is 0 Å². The second-order valence-electron chi connectivity index (χ2n) is 13.5. The third-order valence-electron chi connectivity index (χ3n) is 9.34. The molecular formula is C45H53OPS. The Morgan fingerprint density at radius 2 is 1.06 bits per heavy atom. The fourth-order valence-electron chi connectivity index (χ4n) is 6.48. The summed E-state index contributed by atoms with van der Waals surface area (Å²) < 4.78 is 8.87. The predicted octanol–water partition coefficient (Wildman–Crippen LogP) is 12.4. The van der Waals surface area contributed by atoms with Crippen LogP contribution in [0.1, 0.15) is 84.4 Å². The topological polar surface area (TPSA) is 9.23 Å². The van der Waals surface area contributed by atoms with Crippen LogP contribution in [0.2, 0.25) is 0 Å². The Morgan fingerprint density at radius 3 is 1.67 bits per heavy atom. The number of unbranched alkanes of at least 4 members (excludes halogenated alkanes) is 5. The summed E-state index contributed by atoms with van der Waals surface area (Å²) in [5.41, 5.74) is 9.42. The fourth-order valence-corrected chi connectivity index (χ4v) is 10.3. The molecule has 6 aromatic rings. The minimum Gasteiger partial charge on any atom is -0.493 e. The van der Waals surface area contributed by atoms with Crippen molar-refractivity contribution in [2.75, 3.05) is 6.61 Å². The van der Waals surface area contributed by atoms with Gasteiger partial charge in [0.15, 0.2) is 0 Å². The van der Waals surface area contributed by atoms with E-state index in [2.05, 4.69) is 146 Å². The minimum atomic E-state index is -0.512. The molecule has 0 bridgehead atoms. The van der Waals surface area contributed by atoms with E-state index < -0.39 is 7.92 Å². The van der Waals surface area contributed by atoms with Gasteiger partial charge >= 0.3 is 0 Å². The summed E-state index contributed by atoms with van der Waals surface area (Å²) in [7, 11) is -0.512. The minimum absolute atomic E-state index is 0.512. The van der Waals surface area contributed by atoms with Gasteiger partial charge in [-0.25, -0.2) is 0 Å². The predicted molar refractivity (Wildman–Crippen MR) is 217 cm³/mol. The van der Waals surface area contributed by atoms with Gasteiger partial charge in [0.1, 0.15) is 5.75 Å². The van der Waals surface area contributed by atoms with Crippen LogP contribution in [-0.4, -0.2) is 6.61 Å². The van der Waals surface area contributed by atoms with Crippen LogP contribution < -0.4 is 20.7 Å². The smallest absolute Gasteiger partial charge is 0.122 e. The SMILES string of the molecule is CCCCCCCCOc1cc2c(cc1C)sc1cc(C)c(C)cc12.Cc1ccc(P(c2ccccc2)c2ccc(C)cc2C)c(C)c1. The van der Waals surface area contributed by atoms with Gasteiger partial charge in [-0.3, -0.25) is 0 Å². The summed E-state index contributed by atoms with van der Waals surface area (Å²) in [5.74, 6) is 1.05. The van der Waals surface area contributed by atoms with Crippen molar-refractivity contribution in [1.82, 2.24) is 0 Å². The summed E-state index contributed by atoms with van der Waals surface area (Å²) >= 11 is 1.89. The molecule has 0 N–H and O–H groups in total. The second kappa shape index (κ2) is 16.8. The molecule has 1 nitrogen and oxygen atoms in total. The van der Waals surface area contributed by atoms with Gasteiger partial charge in [0.05, 0.1) is 6.61 Å². The standard InChI is InChI=1S/C23H30OS.C22H23P/c1-5-6-7-8-9-10-11-24-21-15-20-19-12-16(2)17(3)13-22(19)25-23(20)14-18(21)4;1-16-10-12-21(18(3)14-16)23(20-8-6-5-7-9-20)22-13-11-17(2)15-19(22)4/h12-15H,5-11H2,1-4H3;5-15H,1-4H3. The summed E-state index contributed by atoms with van der Waals surface area (Å²) in [5, 5.41) is 7.05. The first-order valence-corrected chi connectivity index (χ1v) is 19.9. The van der Waals surface area contributed by atoms with Crippen molar-refractivity contribution < 1.29 is 4.74 Å². The Labute approximate surface area is 295 Å². The highest BCUT2D eigenvalue weighted by atomic mass is 32.1. The zero-order valence-corrected chi connectivity index (χ0v) is 32.1. The third-order valence-corrected chi connectivity index (χ3v) is 13.2. The first-order chi connectivity index (χ1) is 23.2. The number of ether oxygens (including phenoxy) is 1. The number of hydrogen-bond donors (Lipinski definition) is 0. The first kappa shape index (κ1) is 35.8. The van der Waals surface area contributed by atoms with Crippen molar-refractivity contribution >= 4 is 55.3 Å². The van der Waals surface area contributed by atoms with E-state index in [4.69, 9.17) is 4.74 Å². The van der Waals surface area contributed by atoms with Crippen LogP contribution in [0.15, 0.2) is 91.0 Å². The van der Waals surface area contributed by atoms with Gasteiger partial charge in [-0.15, -0.1) is 11.3 Å². The lowest BCUT2D eigenvalue weighted by atomic mass is 10.0. The van der Waals surface area contributed by atoms with Crippen LogP contribution in [0, 0.1) is 48.5 Å². The molecule has 5 aromatic carbocycles. The van der Waals surface area contributed by atoms with Crippen molar-refractivity contribution in [3.63, 3.8) is 0 Å². The van der Waals surface area contributed by atoms with Crippen molar-refractivity contribution in [3.8, 4) is 5.75 Å². The van der Waals surface area contributed by atoms with Crippen LogP contribution in [0.4, 0.5) is 0 Å². The van der Waals surface area contributed by atoms with Crippen molar-refractivity contribution in [2.45, 2.75) is 93.9 Å². The fraction of sp³-hybridized carbons (Fsp3) is 0.333. The Hall–Kier alpha value is -3.45. The van der Waals surface area contributed by atoms with Crippen molar-refractivity contribution in [3.05, 3.63) is 130 Å². The van der Waals surface area contributed by atoms with Gasteiger partial charge in [-0.05, 0) is 131 Å². The Kier molecular flexibility index (Phi) is 12.5. The van der Waals surface area contributed by atoms with Crippen LogP contribution in [-0.2, 0) is 0 Å². The second-order valence-corrected chi connectivity index (χ2v) is 16.8. The normalized spacial score (nSPS) is 11.3. The molecule has 6 rings (SSSR count). The maximum absolute atomic E-state index is 6.13. The highest BCUT2D eigenvalue weighted by molar-refractivity contribution is 7.80. The maximum Gasteiger partial charge on any atom is 0.122 e. The van der Waals surface area contributed by atoms with Crippen LogP contribution in [0.3, 0.4) is 0 Å². The molecule has 0 fully saturated rings. The molecule has 0 radical (unpaired) electrons. The maximum atomic E-state index is 6.13. The molecule has 0 amide bonds.